The number of pyridine rings is 2. The Hall–Kier alpha value is -1.84. The summed E-state index contributed by atoms with van der Waals surface area (Å²) < 4.78 is 4.88. The Morgan fingerprint density at radius 3 is 3.15 bits per heavy atom. The second-order valence-electron chi connectivity index (χ2n) is 2.63. The molecule has 0 bridgehead atoms. The lowest BCUT2D eigenvalue weighted by Gasteiger charge is -2.00. The molecule has 0 unspecified atom stereocenters. The average Bonchev–Trinajstić information content (AvgIpc) is 2.17. The van der Waals surface area contributed by atoms with Gasteiger partial charge in [0.25, 0.3) is 5.56 Å². The minimum Gasteiger partial charge on any atom is -0.491 e. The first-order valence-corrected chi connectivity index (χ1v) is 3.82. The van der Waals surface area contributed by atoms with Gasteiger partial charge in [-0.3, -0.25) is 9.78 Å². The van der Waals surface area contributed by atoms with Crippen LogP contribution in [0.2, 0.25) is 0 Å². The molecule has 4 heteroatoms. The molecule has 0 aliphatic heterocycles. The molecule has 0 aliphatic rings. The van der Waals surface area contributed by atoms with Gasteiger partial charge in [0.05, 0.1) is 12.6 Å². The van der Waals surface area contributed by atoms with Crippen LogP contribution >= 0.6 is 0 Å². The van der Waals surface area contributed by atoms with Crippen LogP contribution in [-0.2, 0) is 0 Å². The number of hydrogen-bond acceptors (Lipinski definition) is 3. The molecular formula is C9H8N2O2. The summed E-state index contributed by atoms with van der Waals surface area (Å²) in [6.45, 7) is 0. The number of nitrogens with zero attached hydrogens (tertiary/aromatic N) is 1. The van der Waals surface area contributed by atoms with Crippen molar-refractivity contribution in [3.05, 3.63) is 34.9 Å². The summed E-state index contributed by atoms with van der Waals surface area (Å²) in [7, 11) is 1.47. The maximum atomic E-state index is 11.3. The van der Waals surface area contributed by atoms with Crippen molar-refractivity contribution >= 4 is 10.9 Å². The molecule has 2 heterocycles. The topological polar surface area (TPSA) is 55.0 Å². The lowest BCUT2D eigenvalue weighted by atomic mass is 10.3. The van der Waals surface area contributed by atoms with Crippen LogP contribution in [0.3, 0.4) is 0 Å². The van der Waals surface area contributed by atoms with Gasteiger partial charge in [0, 0.05) is 17.8 Å². The van der Waals surface area contributed by atoms with Crippen LogP contribution in [0.1, 0.15) is 0 Å². The molecule has 0 aliphatic carbocycles. The van der Waals surface area contributed by atoms with Gasteiger partial charge in [-0.2, -0.15) is 0 Å². The Kier molecular flexibility index (Phi) is 1.73. The fourth-order valence-corrected chi connectivity index (χ4v) is 1.18. The molecule has 2 aromatic heterocycles. The predicted octanol–water partition coefficient (Wildman–Crippen LogP) is 0.932. The third kappa shape index (κ3) is 1.26. The number of rotatable bonds is 1. The molecule has 2 rings (SSSR count). The van der Waals surface area contributed by atoms with Crippen molar-refractivity contribution in [1.29, 1.82) is 0 Å². The van der Waals surface area contributed by atoms with Crippen LogP contribution in [0, 0.1) is 0 Å². The van der Waals surface area contributed by atoms with Gasteiger partial charge in [-0.1, -0.05) is 0 Å². The maximum Gasteiger partial charge on any atom is 0.290 e. The zero-order valence-corrected chi connectivity index (χ0v) is 7.07. The number of aromatic nitrogens is 2. The Morgan fingerprint density at radius 2 is 2.38 bits per heavy atom. The summed E-state index contributed by atoms with van der Waals surface area (Å²) in [5.41, 5.74) is 0.544. The number of ether oxygens (including phenoxy) is 1. The standard InChI is InChI=1S/C9H8N2O2/c1-13-8-4-6-5-10-3-2-7(6)11-9(8)12/h2-5H,1H3,(H,11,12). The molecule has 0 aromatic carbocycles. The second kappa shape index (κ2) is 2.90. The highest BCUT2D eigenvalue weighted by Gasteiger charge is 2.00. The van der Waals surface area contributed by atoms with Gasteiger partial charge in [-0.25, -0.2) is 0 Å². The maximum absolute atomic E-state index is 11.3. The summed E-state index contributed by atoms with van der Waals surface area (Å²) in [5, 5.41) is 0.860. The first kappa shape index (κ1) is 7.79. The van der Waals surface area contributed by atoms with Gasteiger partial charge in [0.2, 0.25) is 0 Å². The summed E-state index contributed by atoms with van der Waals surface area (Å²) in [5.74, 6) is 0.306. The van der Waals surface area contributed by atoms with E-state index in [4.69, 9.17) is 4.74 Å². The van der Waals surface area contributed by atoms with Crippen molar-refractivity contribution in [1.82, 2.24) is 9.97 Å². The van der Waals surface area contributed by atoms with Crippen molar-refractivity contribution in [3.63, 3.8) is 0 Å². The van der Waals surface area contributed by atoms with E-state index in [0.29, 0.717) is 5.75 Å². The molecule has 2 aromatic rings. The Bertz CT molecular complexity index is 490. The van der Waals surface area contributed by atoms with E-state index in [2.05, 4.69) is 9.97 Å². The first-order valence-electron chi connectivity index (χ1n) is 3.82. The van der Waals surface area contributed by atoms with E-state index in [1.165, 1.54) is 7.11 Å². The van der Waals surface area contributed by atoms with Gasteiger partial charge >= 0.3 is 0 Å². The van der Waals surface area contributed by atoms with E-state index < -0.39 is 0 Å². The number of aromatic amines is 1. The normalized spacial score (nSPS) is 10.2. The van der Waals surface area contributed by atoms with E-state index in [0.717, 1.165) is 10.9 Å². The highest BCUT2D eigenvalue weighted by atomic mass is 16.5. The summed E-state index contributed by atoms with van der Waals surface area (Å²) in [6, 6.07) is 3.41. The van der Waals surface area contributed by atoms with E-state index >= 15 is 0 Å². The minimum atomic E-state index is -0.221. The highest BCUT2D eigenvalue weighted by molar-refractivity contribution is 5.78. The second-order valence-corrected chi connectivity index (χ2v) is 2.63. The van der Waals surface area contributed by atoms with Crippen molar-refractivity contribution in [2.75, 3.05) is 7.11 Å². The lowest BCUT2D eigenvalue weighted by molar-refractivity contribution is 0.409. The molecule has 4 nitrogen and oxygen atoms in total. The summed E-state index contributed by atoms with van der Waals surface area (Å²) in [4.78, 5) is 17.9. The number of hydrogen-bond donors (Lipinski definition) is 1. The number of methoxy groups -OCH3 is 1. The van der Waals surface area contributed by atoms with Crippen LogP contribution in [0.4, 0.5) is 0 Å². The van der Waals surface area contributed by atoms with Crippen molar-refractivity contribution in [3.8, 4) is 5.75 Å². The molecule has 1 N–H and O–H groups in total. The van der Waals surface area contributed by atoms with Crippen LogP contribution in [0.5, 0.6) is 5.75 Å². The van der Waals surface area contributed by atoms with Crippen LogP contribution in [0.25, 0.3) is 10.9 Å². The molecule has 66 valence electrons. The van der Waals surface area contributed by atoms with E-state index in [1.54, 1.807) is 24.5 Å². The van der Waals surface area contributed by atoms with Crippen LogP contribution in [0.15, 0.2) is 29.3 Å². The summed E-state index contributed by atoms with van der Waals surface area (Å²) >= 11 is 0. The Morgan fingerprint density at radius 1 is 1.54 bits per heavy atom. The monoisotopic (exact) mass is 176 g/mol. The number of fused-ring (bicyclic) bond motifs is 1. The minimum absolute atomic E-state index is 0.221. The molecule has 13 heavy (non-hydrogen) atoms. The highest BCUT2D eigenvalue weighted by Crippen LogP contribution is 2.11. The van der Waals surface area contributed by atoms with Crippen LogP contribution in [-0.4, -0.2) is 17.1 Å². The Labute approximate surface area is 74.2 Å². The number of H-pyrrole nitrogens is 1. The van der Waals surface area contributed by atoms with Gasteiger partial charge in [0.1, 0.15) is 0 Å². The third-order valence-corrected chi connectivity index (χ3v) is 1.83. The van der Waals surface area contributed by atoms with Gasteiger partial charge in [0.15, 0.2) is 5.75 Å². The largest absolute Gasteiger partial charge is 0.491 e. The van der Waals surface area contributed by atoms with E-state index in [1.807, 2.05) is 0 Å². The van der Waals surface area contributed by atoms with Crippen molar-refractivity contribution in [2.45, 2.75) is 0 Å². The molecule has 0 radical (unpaired) electrons. The Balaban J connectivity index is 2.81. The average molecular weight is 176 g/mol. The molecule has 0 fully saturated rings. The van der Waals surface area contributed by atoms with Gasteiger partial charge in [-0.05, 0) is 12.1 Å². The van der Waals surface area contributed by atoms with Crippen LogP contribution < -0.4 is 10.3 Å². The quantitative estimate of drug-likeness (QED) is 0.703. The fourth-order valence-electron chi connectivity index (χ4n) is 1.18. The first-order chi connectivity index (χ1) is 6.31. The van der Waals surface area contributed by atoms with E-state index in [-0.39, 0.29) is 5.56 Å². The van der Waals surface area contributed by atoms with Gasteiger partial charge < -0.3 is 9.72 Å². The lowest BCUT2D eigenvalue weighted by Crippen LogP contribution is -2.08. The SMILES string of the molecule is COc1cc2cnccc2[nH]c1=O. The zero-order valence-electron chi connectivity index (χ0n) is 7.07. The molecule has 0 amide bonds. The number of nitrogens with one attached hydrogen (secondary N) is 1. The molecular weight excluding hydrogens is 168 g/mol. The smallest absolute Gasteiger partial charge is 0.290 e. The van der Waals surface area contributed by atoms with Crippen molar-refractivity contribution in [2.24, 2.45) is 0 Å². The van der Waals surface area contributed by atoms with Gasteiger partial charge in [-0.15, -0.1) is 0 Å². The fraction of sp³-hybridized carbons (Fsp3) is 0.111. The molecule has 0 saturated carbocycles. The summed E-state index contributed by atoms with van der Waals surface area (Å²) in [6.07, 6.45) is 3.30. The molecule has 0 atom stereocenters. The van der Waals surface area contributed by atoms with Crippen molar-refractivity contribution < 1.29 is 4.74 Å². The zero-order chi connectivity index (χ0) is 9.26. The molecule has 0 spiro atoms. The van der Waals surface area contributed by atoms with E-state index in [9.17, 15) is 4.79 Å². The molecule has 0 saturated heterocycles. The third-order valence-electron chi connectivity index (χ3n) is 1.83. The predicted molar refractivity (Wildman–Crippen MR) is 48.9 cm³/mol.